The first-order valence-corrected chi connectivity index (χ1v) is 10.2. The third-order valence-corrected chi connectivity index (χ3v) is 4.95. The van der Waals surface area contributed by atoms with Gasteiger partial charge in [0.2, 0.25) is 0 Å². The van der Waals surface area contributed by atoms with E-state index in [1.54, 1.807) is 6.07 Å². The van der Waals surface area contributed by atoms with Crippen molar-refractivity contribution in [3.05, 3.63) is 107 Å². The molecule has 0 aliphatic heterocycles. The highest BCUT2D eigenvalue weighted by Gasteiger charge is 2.08. The molecule has 5 nitrogen and oxygen atoms in total. The van der Waals surface area contributed by atoms with Crippen molar-refractivity contribution >= 4 is 17.4 Å². The largest absolute Gasteiger partial charge is 0.348 e. The number of hydrogen-bond acceptors (Lipinski definition) is 4. The lowest BCUT2D eigenvalue weighted by molar-refractivity contribution is 0.0951. The van der Waals surface area contributed by atoms with E-state index in [-0.39, 0.29) is 5.91 Å². The first-order valence-electron chi connectivity index (χ1n) is 10.2. The van der Waals surface area contributed by atoms with Crippen LogP contribution in [-0.2, 0) is 6.54 Å². The summed E-state index contributed by atoms with van der Waals surface area (Å²) in [5, 5.41) is 6.24. The van der Waals surface area contributed by atoms with Gasteiger partial charge in [-0.2, -0.15) is 0 Å². The molecule has 0 unspecified atom stereocenters. The number of carbonyl (C=O) groups is 1. The molecule has 0 fully saturated rings. The molecule has 1 heterocycles. The molecule has 1 aromatic heterocycles. The van der Waals surface area contributed by atoms with Crippen molar-refractivity contribution in [1.82, 2.24) is 15.3 Å². The van der Waals surface area contributed by atoms with Crippen molar-refractivity contribution in [2.24, 2.45) is 0 Å². The van der Waals surface area contributed by atoms with E-state index in [2.05, 4.69) is 39.7 Å². The summed E-state index contributed by atoms with van der Waals surface area (Å²) in [6.45, 7) is 4.59. The maximum atomic E-state index is 12.6. The molecule has 1 amide bonds. The highest BCUT2D eigenvalue weighted by molar-refractivity contribution is 5.95. The lowest BCUT2D eigenvalue weighted by atomic mass is 10.1. The molecule has 0 atom stereocenters. The monoisotopic (exact) mass is 408 g/mol. The van der Waals surface area contributed by atoms with Crippen LogP contribution in [0.1, 0.15) is 27.0 Å². The first-order chi connectivity index (χ1) is 15.1. The van der Waals surface area contributed by atoms with E-state index in [0.717, 1.165) is 22.5 Å². The summed E-state index contributed by atoms with van der Waals surface area (Å²) in [4.78, 5) is 21.3. The van der Waals surface area contributed by atoms with Gasteiger partial charge in [-0.15, -0.1) is 0 Å². The summed E-state index contributed by atoms with van der Waals surface area (Å²) in [5.41, 5.74) is 6.70. The summed E-state index contributed by atoms with van der Waals surface area (Å²) in [6.07, 6.45) is 1.54. The molecular weight excluding hydrogens is 384 g/mol. The Balaban J connectivity index is 1.45. The van der Waals surface area contributed by atoms with Crippen LogP contribution in [0.5, 0.6) is 0 Å². The number of nitrogens with one attached hydrogen (secondary N) is 2. The molecule has 2 N–H and O–H groups in total. The highest BCUT2D eigenvalue weighted by atomic mass is 16.1. The Hall–Kier alpha value is -3.99. The molecule has 0 aliphatic rings. The topological polar surface area (TPSA) is 66.9 Å². The summed E-state index contributed by atoms with van der Waals surface area (Å²) in [7, 11) is 0. The Labute approximate surface area is 182 Å². The van der Waals surface area contributed by atoms with Crippen LogP contribution >= 0.6 is 0 Å². The van der Waals surface area contributed by atoms with E-state index in [0.29, 0.717) is 17.9 Å². The molecule has 0 saturated carbocycles. The van der Waals surface area contributed by atoms with Crippen LogP contribution in [-0.4, -0.2) is 15.9 Å². The van der Waals surface area contributed by atoms with Gasteiger partial charge < -0.3 is 10.6 Å². The SMILES string of the molecule is Cc1ccc(CNC(=O)c2cccc(Nc3cc(-c4cccc(C)c4)ncn3)c2)cc1. The van der Waals surface area contributed by atoms with E-state index in [1.165, 1.54) is 17.5 Å². The van der Waals surface area contributed by atoms with Crippen LogP contribution in [0, 0.1) is 13.8 Å². The zero-order chi connectivity index (χ0) is 21.6. The third kappa shape index (κ3) is 5.34. The Bertz CT molecular complexity index is 1200. The number of rotatable bonds is 6. The van der Waals surface area contributed by atoms with Crippen molar-refractivity contribution in [2.75, 3.05) is 5.32 Å². The van der Waals surface area contributed by atoms with Gasteiger partial charge in [-0.25, -0.2) is 9.97 Å². The average molecular weight is 409 g/mol. The summed E-state index contributed by atoms with van der Waals surface area (Å²) in [6, 6.07) is 25.6. The normalized spacial score (nSPS) is 10.5. The van der Waals surface area contributed by atoms with Crippen LogP contribution in [0.3, 0.4) is 0 Å². The van der Waals surface area contributed by atoms with Gasteiger partial charge in [-0.1, -0.05) is 59.7 Å². The van der Waals surface area contributed by atoms with Crippen molar-refractivity contribution in [1.29, 1.82) is 0 Å². The van der Waals surface area contributed by atoms with Gasteiger partial charge in [-0.3, -0.25) is 4.79 Å². The maximum Gasteiger partial charge on any atom is 0.251 e. The van der Waals surface area contributed by atoms with E-state index in [9.17, 15) is 4.79 Å². The lowest BCUT2D eigenvalue weighted by Crippen LogP contribution is -2.22. The van der Waals surface area contributed by atoms with Crippen LogP contribution in [0.15, 0.2) is 85.2 Å². The van der Waals surface area contributed by atoms with Gasteiger partial charge in [0, 0.05) is 29.4 Å². The predicted octanol–water partition coefficient (Wildman–Crippen LogP) is 5.43. The van der Waals surface area contributed by atoms with Crippen molar-refractivity contribution in [3.8, 4) is 11.3 Å². The molecule has 31 heavy (non-hydrogen) atoms. The number of hydrogen-bond donors (Lipinski definition) is 2. The minimum Gasteiger partial charge on any atom is -0.348 e. The number of amides is 1. The number of anilines is 2. The van der Waals surface area contributed by atoms with Gasteiger partial charge in [0.05, 0.1) is 5.69 Å². The minimum atomic E-state index is -0.118. The second-order valence-electron chi connectivity index (χ2n) is 7.53. The zero-order valence-corrected chi connectivity index (χ0v) is 17.6. The number of aromatic nitrogens is 2. The summed E-state index contributed by atoms with van der Waals surface area (Å²) >= 11 is 0. The maximum absolute atomic E-state index is 12.6. The second kappa shape index (κ2) is 9.22. The number of nitrogens with zero attached hydrogens (tertiary/aromatic N) is 2. The Morgan fingerprint density at radius 3 is 2.45 bits per heavy atom. The molecule has 0 bridgehead atoms. The summed E-state index contributed by atoms with van der Waals surface area (Å²) in [5.74, 6) is 0.552. The zero-order valence-electron chi connectivity index (χ0n) is 17.6. The van der Waals surface area contributed by atoms with Crippen molar-refractivity contribution in [2.45, 2.75) is 20.4 Å². The fourth-order valence-corrected chi connectivity index (χ4v) is 3.26. The van der Waals surface area contributed by atoms with Gasteiger partial charge >= 0.3 is 0 Å². The van der Waals surface area contributed by atoms with Gasteiger partial charge in [0.15, 0.2) is 0 Å². The molecule has 0 aliphatic carbocycles. The standard InChI is InChI=1S/C26H24N4O/c1-18-9-11-20(12-10-18)16-27-26(31)22-7-4-8-23(14-22)30-25-15-24(28-17-29-25)21-6-3-5-19(2)13-21/h3-15,17H,16H2,1-2H3,(H,27,31)(H,28,29,30). The molecular formula is C26H24N4O. The fourth-order valence-electron chi connectivity index (χ4n) is 3.26. The molecule has 0 saturated heterocycles. The number of carbonyl (C=O) groups excluding carboxylic acids is 1. The van der Waals surface area contributed by atoms with E-state index >= 15 is 0 Å². The smallest absolute Gasteiger partial charge is 0.251 e. The van der Waals surface area contributed by atoms with Crippen LogP contribution in [0.25, 0.3) is 11.3 Å². The van der Waals surface area contributed by atoms with Gasteiger partial charge in [0.1, 0.15) is 12.1 Å². The Kier molecular flexibility index (Phi) is 6.03. The number of benzene rings is 3. The molecule has 0 radical (unpaired) electrons. The molecule has 4 aromatic rings. The predicted molar refractivity (Wildman–Crippen MR) is 124 cm³/mol. The fraction of sp³-hybridized carbons (Fsp3) is 0.115. The van der Waals surface area contributed by atoms with Gasteiger partial charge in [0.25, 0.3) is 5.91 Å². The van der Waals surface area contributed by atoms with Crippen molar-refractivity contribution < 1.29 is 4.79 Å². The van der Waals surface area contributed by atoms with Gasteiger partial charge in [-0.05, 0) is 43.7 Å². The van der Waals surface area contributed by atoms with Crippen LogP contribution in [0.4, 0.5) is 11.5 Å². The lowest BCUT2D eigenvalue weighted by Gasteiger charge is -2.10. The highest BCUT2D eigenvalue weighted by Crippen LogP contribution is 2.22. The second-order valence-corrected chi connectivity index (χ2v) is 7.53. The third-order valence-electron chi connectivity index (χ3n) is 4.95. The minimum absolute atomic E-state index is 0.118. The first kappa shape index (κ1) is 20.3. The number of aryl methyl sites for hydroxylation is 2. The van der Waals surface area contributed by atoms with Crippen molar-refractivity contribution in [3.63, 3.8) is 0 Å². The summed E-state index contributed by atoms with van der Waals surface area (Å²) < 4.78 is 0. The van der Waals surface area contributed by atoms with E-state index in [4.69, 9.17) is 0 Å². The van der Waals surface area contributed by atoms with E-state index in [1.807, 2.05) is 67.6 Å². The Morgan fingerprint density at radius 2 is 1.65 bits per heavy atom. The molecule has 154 valence electrons. The van der Waals surface area contributed by atoms with Crippen LogP contribution < -0.4 is 10.6 Å². The molecule has 5 heteroatoms. The van der Waals surface area contributed by atoms with Crippen LogP contribution in [0.2, 0.25) is 0 Å². The molecule has 4 rings (SSSR count). The molecule has 3 aromatic carbocycles. The quantitative estimate of drug-likeness (QED) is 0.446. The Morgan fingerprint density at radius 1 is 0.839 bits per heavy atom. The average Bonchev–Trinajstić information content (AvgIpc) is 2.79. The van der Waals surface area contributed by atoms with E-state index < -0.39 is 0 Å². The molecule has 0 spiro atoms.